The Morgan fingerprint density at radius 2 is 1.57 bits per heavy atom. The van der Waals surface area contributed by atoms with Gasteiger partial charge in [-0.1, -0.05) is 48.5 Å². The minimum atomic E-state index is -0.728. The lowest BCUT2D eigenvalue weighted by Crippen LogP contribution is -2.42. The van der Waals surface area contributed by atoms with Gasteiger partial charge in [0.1, 0.15) is 17.2 Å². The molecule has 0 spiro atoms. The molecule has 0 fully saturated rings. The molecule has 140 valence electrons. The average molecular weight is 373 g/mol. The first kappa shape index (κ1) is 17.6. The minimum absolute atomic E-state index is 0.442. The molecule has 0 bridgehead atoms. The van der Waals surface area contributed by atoms with Crippen molar-refractivity contribution in [3.05, 3.63) is 78.4 Å². The first-order valence-electron chi connectivity index (χ1n) is 8.91. The average Bonchev–Trinajstić information content (AvgIpc) is 3.10. The van der Waals surface area contributed by atoms with Crippen molar-refractivity contribution < 1.29 is 14.0 Å². The van der Waals surface area contributed by atoms with E-state index >= 15 is 0 Å². The zero-order valence-electron chi connectivity index (χ0n) is 15.2. The molecule has 6 heteroatoms. The monoisotopic (exact) mass is 373 g/mol. The molecular formula is C22H19N3O3. The molecule has 3 amide bonds. The van der Waals surface area contributed by atoms with Crippen LogP contribution in [0.3, 0.4) is 0 Å². The van der Waals surface area contributed by atoms with Crippen LogP contribution in [0.5, 0.6) is 0 Å². The topological polar surface area (TPSA) is 83.4 Å². The van der Waals surface area contributed by atoms with Gasteiger partial charge in [0.05, 0.1) is 0 Å². The lowest BCUT2D eigenvalue weighted by atomic mass is 10.1. The molecule has 4 rings (SSSR count). The largest absolute Gasteiger partial charge is 0.456 e. The summed E-state index contributed by atoms with van der Waals surface area (Å²) in [7, 11) is 1.46. The summed E-state index contributed by atoms with van der Waals surface area (Å²) in [6.07, 6.45) is 0. The minimum Gasteiger partial charge on any atom is -0.456 e. The van der Waals surface area contributed by atoms with Gasteiger partial charge in [0.25, 0.3) is 5.91 Å². The van der Waals surface area contributed by atoms with Crippen LogP contribution in [0.2, 0.25) is 0 Å². The Balaban J connectivity index is 1.70. The first-order chi connectivity index (χ1) is 13.7. The number of benzene rings is 3. The molecule has 3 N–H and O–H groups in total. The Labute approximate surface area is 161 Å². The van der Waals surface area contributed by atoms with Crippen LogP contribution in [0.1, 0.15) is 11.6 Å². The van der Waals surface area contributed by atoms with Crippen LogP contribution in [0, 0.1) is 0 Å². The van der Waals surface area contributed by atoms with Gasteiger partial charge in [0, 0.05) is 23.5 Å². The van der Waals surface area contributed by atoms with Crippen LogP contribution in [-0.4, -0.2) is 19.0 Å². The molecule has 0 saturated carbocycles. The van der Waals surface area contributed by atoms with E-state index in [0.29, 0.717) is 0 Å². The van der Waals surface area contributed by atoms with E-state index < -0.39 is 18.0 Å². The lowest BCUT2D eigenvalue weighted by Gasteiger charge is -2.19. The van der Waals surface area contributed by atoms with Crippen molar-refractivity contribution >= 4 is 39.6 Å². The Kier molecular flexibility index (Phi) is 4.68. The van der Waals surface area contributed by atoms with Gasteiger partial charge in [-0.3, -0.25) is 10.1 Å². The Morgan fingerprint density at radius 1 is 0.857 bits per heavy atom. The number of urea groups is 1. The van der Waals surface area contributed by atoms with Crippen molar-refractivity contribution in [3.8, 4) is 0 Å². The maximum atomic E-state index is 12.7. The third-order valence-corrected chi connectivity index (χ3v) is 4.55. The highest BCUT2D eigenvalue weighted by Crippen LogP contribution is 2.31. The Bertz CT molecular complexity index is 1150. The Morgan fingerprint density at radius 3 is 2.36 bits per heavy atom. The van der Waals surface area contributed by atoms with E-state index in [2.05, 4.69) is 16.0 Å². The van der Waals surface area contributed by atoms with E-state index in [-0.39, 0.29) is 0 Å². The second-order valence-electron chi connectivity index (χ2n) is 6.37. The molecule has 4 aromatic rings. The predicted octanol–water partition coefficient (Wildman–Crippen LogP) is 4.19. The predicted molar refractivity (Wildman–Crippen MR) is 109 cm³/mol. The van der Waals surface area contributed by atoms with Crippen LogP contribution in [0.25, 0.3) is 21.9 Å². The number of para-hydroxylation sites is 1. The maximum absolute atomic E-state index is 12.7. The van der Waals surface area contributed by atoms with E-state index in [4.69, 9.17) is 4.42 Å². The highest BCUT2D eigenvalue weighted by Gasteiger charge is 2.22. The summed E-state index contributed by atoms with van der Waals surface area (Å²) >= 11 is 0. The SMILES string of the molecule is CNC(=O)NC(=O)[C@H](Nc1ccc2oc3ccccc3c2c1)c1ccccc1. The summed E-state index contributed by atoms with van der Waals surface area (Å²) in [5.41, 5.74) is 3.09. The molecule has 1 atom stereocenters. The second kappa shape index (κ2) is 7.44. The fraction of sp³-hybridized carbons (Fsp3) is 0.0909. The normalized spacial score (nSPS) is 11.9. The second-order valence-corrected chi connectivity index (χ2v) is 6.37. The molecule has 6 nitrogen and oxygen atoms in total. The fourth-order valence-electron chi connectivity index (χ4n) is 3.17. The van der Waals surface area contributed by atoms with E-state index in [1.54, 1.807) is 0 Å². The van der Waals surface area contributed by atoms with E-state index in [1.165, 1.54) is 7.05 Å². The summed E-state index contributed by atoms with van der Waals surface area (Å²) in [5.74, 6) is -0.442. The number of hydrogen-bond acceptors (Lipinski definition) is 4. The Hall–Kier alpha value is -3.80. The van der Waals surface area contributed by atoms with Crippen molar-refractivity contribution in [1.29, 1.82) is 0 Å². The molecule has 0 unspecified atom stereocenters. The molecule has 0 aliphatic carbocycles. The van der Waals surface area contributed by atoms with Crippen LogP contribution in [-0.2, 0) is 4.79 Å². The molecule has 0 aliphatic heterocycles. The quantitative estimate of drug-likeness (QED) is 0.501. The van der Waals surface area contributed by atoms with Crippen LogP contribution in [0.4, 0.5) is 10.5 Å². The van der Waals surface area contributed by atoms with Crippen molar-refractivity contribution in [2.45, 2.75) is 6.04 Å². The number of nitrogens with one attached hydrogen (secondary N) is 3. The van der Waals surface area contributed by atoms with Crippen molar-refractivity contribution in [3.63, 3.8) is 0 Å². The number of furan rings is 1. The van der Waals surface area contributed by atoms with Gasteiger partial charge in [0.15, 0.2) is 0 Å². The molecule has 0 radical (unpaired) electrons. The van der Waals surface area contributed by atoms with Gasteiger partial charge in [-0.15, -0.1) is 0 Å². The van der Waals surface area contributed by atoms with Gasteiger partial charge in [0.2, 0.25) is 0 Å². The third kappa shape index (κ3) is 3.40. The summed E-state index contributed by atoms with van der Waals surface area (Å²) in [5, 5.41) is 9.94. The molecule has 3 aromatic carbocycles. The van der Waals surface area contributed by atoms with Gasteiger partial charge in [-0.05, 0) is 29.8 Å². The lowest BCUT2D eigenvalue weighted by molar-refractivity contribution is -0.120. The van der Waals surface area contributed by atoms with E-state index in [0.717, 1.165) is 33.2 Å². The summed E-state index contributed by atoms with van der Waals surface area (Å²) in [6.45, 7) is 0. The zero-order chi connectivity index (χ0) is 19.5. The van der Waals surface area contributed by atoms with Gasteiger partial charge in [-0.2, -0.15) is 0 Å². The number of amides is 3. The van der Waals surface area contributed by atoms with Crippen molar-refractivity contribution in [2.75, 3.05) is 12.4 Å². The van der Waals surface area contributed by atoms with Crippen LogP contribution < -0.4 is 16.0 Å². The number of fused-ring (bicyclic) bond motifs is 3. The van der Waals surface area contributed by atoms with Gasteiger partial charge >= 0.3 is 6.03 Å². The van der Waals surface area contributed by atoms with E-state index in [1.807, 2.05) is 72.8 Å². The maximum Gasteiger partial charge on any atom is 0.321 e. The highest BCUT2D eigenvalue weighted by molar-refractivity contribution is 6.06. The first-order valence-corrected chi connectivity index (χ1v) is 8.91. The molecule has 28 heavy (non-hydrogen) atoms. The number of hydrogen-bond donors (Lipinski definition) is 3. The van der Waals surface area contributed by atoms with Crippen molar-refractivity contribution in [2.24, 2.45) is 0 Å². The molecule has 1 heterocycles. The standard InChI is InChI=1S/C22H19N3O3/c1-23-22(27)25-21(26)20(14-7-3-2-4-8-14)24-15-11-12-19-17(13-15)16-9-5-6-10-18(16)28-19/h2-13,20,24H,1H3,(H2,23,25,26,27)/t20-/m1/s1. The van der Waals surface area contributed by atoms with E-state index in [9.17, 15) is 9.59 Å². The number of anilines is 1. The number of imide groups is 1. The summed E-state index contributed by atoms with van der Waals surface area (Å²) in [4.78, 5) is 24.3. The molecule has 0 saturated heterocycles. The summed E-state index contributed by atoms with van der Waals surface area (Å²) in [6, 6.07) is 21.5. The van der Waals surface area contributed by atoms with Gasteiger partial charge < -0.3 is 15.1 Å². The molecule has 1 aromatic heterocycles. The number of rotatable bonds is 4. The van der Waals surface area contributed by atoms with Gasteiger partial charge in [-0.25, -0.2) is 4.79 Å². The van der Waals surface area contributed by atoms with Crippen LogP contribution in [0.15, 0.2) is 77.2 Å². The number of carbonyl (C=O) groups is 2. The third-order valence-electron chi connectivity index (χ3n) is 4.55. The smallest absolute Gasteiger partial charge is 0.321 e. The zero-order valence-corrected chi connectivity index (χ0v) is 15.2. The fourth-order valence-corrected chi connectivity index (χ4v) is 3.17. The highest BCUT2D eigenvalue weighted by atomic mass is 16.3. The molecular weight excluding hydrogens is 354 g/mol. The molecule has 0 aliphatic rings. The van der Waals surface area contributed by atoms with Crippen molar-refractivity contribution in [1.82, 2.24) is 10.6 Å². The summed E-state index contributed by atoms with van der Waals surface area (Å²) < 4.78 is 5.85. The van der Waals surface area contributed by atoms with Crippen LogP contribution >= 0.6 is 0 Å². The number of carbonyl (C=O) groups excluding carboxylic acids is 2.